The number of thiazole rings is 2. The molecular weight excluding hydrogens is 408 g/mol. The van der Waals surface area contributed by atoms with Crippen LogP contribution >= 0.6 is 34.0 Å². The van der Waals surface area contributed by atoms with Gasteiger partial charge in [-0.15, -0.1) is 22.7 Å². The van der Waals surface area contributed by atoms with Gasteiger partial charge in [0.1, 0.15) is 5.01 Å². The molecule has 0 spiro atoms. The second-order valence-electron chi connectivity index (χ2n) is 5.55. The molecule has 3 heterocycles. The smallest absolute Gasteiger partial charge is 0.232 e. The Morgan fingerprint density at radius 3 is 2.67 bits per heavy atom. The highest BCUT2D eigenvalue weighted by Gasteiger charge is 2.13. The van der Waals surface area contributed by atoms with Gasteiger partial charge in [-0.3, -0.25) is 4.79 Å². The Morgan fingerprint density at radius 1 is 1.00 bits per heavy atom. The number of hydrogen-bond acceptors (Lipinski definition) is 6. The van der Waals surface area contributed by atoms with Gasteiger partial charge in [0, 0.05) is 27.3 Å². The van der Waals surface area contributed by atoms with Crippen LogP contribution in [-0.2, 0) is 11.2 Å². The Balaban J connectivity index is 1.41. The van der Waals surface area contributed by atoms with Crippen molar-refractivity contribution in [3.63, 3.8) is 0 Å². The molecule has 9 heteroatoms. The molecule has 1 amide bonds. The number of hydrogen-bond donors (Lipinski definition) is 1. The third kappa shape index (κ3) is 4.10. The molecule has 0 fully saturated rings. The molecule has 136 valence electrons. The van der Waals surface area contributed by atoms with Gasteiger partial charge in [-0.1, -0.05) is 0 Å². The zero-order valence-electron chi connectivity index (χ0n) is 13.6. The number of nitrogens with zero attached hydrogens (tertiary/aromatic N) is 2. The average Bonchev–Trinajstić information content (AvgIpc) is 3.38. The Morgan fingerprint density at radius 2 is 1.89 bits per heavy atom. The van der Waals surface area contributed by atoms with Crippen LogP contribution in [0.2, 0.25) is 0 Å². The molecule has 3 aromatic heterocycles. The third-order valence-electron chi connectivity index (χ3n) is 3.63. The lowest BCUT2D eigenvalue weighted by atomic mass is 10.2. The predicted octanol–water partition coefficient (Wildman–Crippen LogP) is 5.45. The van der Waals surface area contributed by atoms with E-state index in [9.17, 15) is 13.6 Å². The van der Waals surface area contributed by atoms with E-state index in [1.807, 2.05) is 22.2 Å². The van der Waals surface area contributed by atoms with Gasteiger partial charge in [-0.05, 0) is 29.6 Å². The van der Waals surface area contributed by atoms with Crippen molar-refractivity contribution in [1.82, 2.24) is 9.97 Å². The summed E-state index contributed by atoms with van der Waals surface area (Å²) in [7, 11) is 0. The van der Waals surface area contributed by atoms with E-state index in [0.29, 0.717) is 22.1 Å². The van der Waals surface area contributed by atoms with Crippen molar-refractivity contribution in [1.29, 1.82) is 0 Å². The number of aromatic nitrogens is 2. The molecule has 4 nitrogen and oxygen atoms in total. The lowest BCUT2D eigenvalue weighted by Crippen LogP contribution is -2.14. The van der Waals surface area contributed by atoms with Crippen LogP contribution in [0, 0.1) is 11.6 Å². The minimum Gasteiger partial charge on any atom is -0.302 e. The van der Waals surface area contributed by atoms with Crippen LogP contribution in [0.25, 0.3) is 21.8 Å². The van der Waals surface area contributed by atoms with E-state index in [0.717, 1.165) is 22.7 Å². The topological polar surface area (TPSA) is 54.9 Å². The molecule has 0 aliphatic rings. The Bertz CT molecular complexity index is 1090. The number of anilines is 1. The molecule has 0 aliphatic carbocycles. The van der Waals surface area contributed by atoms with Crippen LogP contribution in [0.3, 0.4) is 0 Å². The van der Waals surface area contributed by atoms with E-state index in [4.69, 9.17) is 0 Å². The summed E-state index contributed by atoms with van der Waals surface area (Å²) >= 11 is 4.31. The molecule has 1 N–H and O–H groups in total. The molecule has 1 aromatic carbocycles. The summed E-state index contributed by atoms with van der Waals surface area (Å²) in [5.74, 6) is -2.08. The molecule has 0 unspecified atom stereocenters. The Kier molecular flexibility index (Phi) is 5.06. The Labute approximate surface area is 165 Å². The van der Waals surface area contributed by atoms with E-state index in [1.165, 1.54) is 28.7 Å². The summed E-state index contributed by atoms with van der Waals surface area (Å²) in [6.45, 7) is 0. The maximum absolute atomic E-state index is 13.4. The lowest BCUT2D eigenvalue weighted by molar-refractivity contribution is -0.115. The van der Waals surface area contributed by atoms with Crippen LogP contribution in [-0.4, -0.2) is 15.9 Å². The predicted molar refractivity (Wildman–Crippen MR) is 105 cm³/mol. The number of thiophene rings is 1. The molecule has 0 atom stereocenters. The number of halogens is 2. The van der Waals surface area contributed by atoms with E-state index in [1.54, 1.807) is 16.7 Å². The van der Waals surface area contributed by atoms with Crippen molar-refractivity contribution in [3.8, 4) is 21.8 Å². The SMILES string of the molecule is O=C(Cc1csc(-c2ccsc2)n1)Nc1nc(-c2ccc(F)c(F)c2)cs1. The largest absolute Gasteiger partial charge is 0.302 e. The fourth-order valence-corrected chi connectivity index (χ4v) is 4.62. The van der Waals surface area contributed by atoms with Crippen molar-refractivity contribution < 1.29 is 13.6 Å². The number of carbonyl (C=O) groups is 1. The van der Waals surface area contributed by atoms with Crippen molar-refractivity contribution in [2.45, 2.75) is 6.42 Å². The number of nitrogens with one attached hydrogen (secondary N) is 1. The molecule has 0 saturated heterocycles. The summed E-state index contributed by atoms with van der Waals surface area (Å²) < 4.78 is 26.4. The van der Waals surface area contributed by atoms with Crippen molar-refractivity contribution in [2.75, 3.05) is 5.32 Å². The van der Waals surface area contributed by atoms with Gasteiger partial charge in [0.25, 0.3) is 0 Å². The van der Waals surface area contributed by atoms with Gasteiger partial charge in [0.15, 0.2) is 16.8 Å². The molecular formula is C18H11F2N3OS3. The normalized spacial score (nSPS) is 10.9. The van der Waals surface area contributed by atoms with E-state index in [2.05, 4.69) is 15.3 Å². The average molecular weight is 420 g/mol. The van der Waals surface area contributed by atoms with E-state index < -0.39 is 11.6 Å². The summed E-state index contributed by atoms with van der Waals surface area (Å²) in [4.78, 5) is 21.0. The number of benzene rings is 1. The summed E-state index contributed by atoms with van der Waals surface area (Å²) in [6, 6.07) is 5.57. The summed E-state index contributed by atoms with van der Waals surface area (Å²) in [5, 5.41) is 11.5. The summed E-state index contributed by atoms with van der Waals surface area (Å²) in [6.07, 6.45) is 0.140. The van der Waals surface area contributed by atoms with Gasteiger partial charge < -0.3 is 5.32 Å². The fraction of sp³-hybridized carbons (Fsp3) is 0.0556. The molecule has 0 radical (unpaired) electrons. The molecule has 0 saturated carbocycles. The van der Waals surface area contributed by atoms with Gasteiger partial charge in [-0.2, -0.15) is 11.3 Å². The van der Waals surface area contributed by atoms with Crippen molar-refractivity contribution in [2.24, 2.45) is 0 Å². The standard InChI is InChI=1S/C18H11F2N3OS3/c19-13-2-1-10(5-14(13)20)15-9-27-18(22-15)23-16(24)6-12-8-26-17(21-12)11-3-4-25-7-11/h1-5,7-9H,6H2,(H,22,23,24). The maximum atomic E-state index is 13.4. The lowest BCUT2D eigenvalue weighted by Gasteiger charge is -2.00. The second kappa shape index (κ2) is 7.63. The van der Waals surface area contributed by atoms with Gasteiger partial charge in [-0.25, -0.2) is 18.7 Å². The maximum Gasteiger partial charge on any atom is 0.232 e. The summed E-state index contributed by atoms with van der Waals surface area (Å²) in [5.41, 5.74) is 2.66. The van der Waals surface area contributed by atoms with Crippen LogP contribution in [0.1, 0.15) is 5.69 Å². The van der Waals surface area contributed by atoms with Crippen LogP contribution in [0.15, 0.2) is 45.8 Å². The minimum atomic E-state index is -0.934. The van der Waals surface area contributed by atoms with Crippen molar-refractivity contribution >= 4 is 45.0 Å². The molecule has 4 rings (SSSR count). The first-order valence-corrected chi connectivity index (χ1v) is 10.5. The minimum absolute atomic E-state index is 0.140. The number of amides is 1. The monoisotopic (exact) mass is 419 g/mol. The highest BCUT2D eigenvalue weighted by atomic mass is 32.1. The van der Waals surface area contributed by atoms with Crippen molar-refractivity contribution in [3.05, 3.63) is 63.1 Å². The molecule has 4 aromatic rings. The molecule has 0 aliphatic heterocycles. The third-order valence-corrected chi connectivity index (χ3v) is 6.01. The molecule has 27 heavy (non-hydrogen) atoms. The van der Waals surface area contributed by atoms with E-state index in [-0.39, 0.29) is 12.3 Å². The zero-order chi connectivity index (χ0) is 18.8. The van der Waals surface area contributed by atoms with Crippen LogP contribution < -0.4 is 5.32 Å². The number of carbonyl (C=O) groups excluding carboxylic acids is 1. The first kappa shape index (κ1) is 17.9. The van der Waals surface area contributed by atoms with Gasteiger partial charge in [0.2, 0.25) is 5.91 Å². The zero-order valence-corrected chi connectivity index (χ0v) is 16.1. The highest BCUT2D eigenvalue weighted by molar-refractivity contribution is 7.14. The molecule has 0 bridgehead atoms. The second-order valence-corrected chi connectivity index (χ2v) is 8.04. The first-order chi connectivity index (χ1) is 13.1. The first-order valence-electron chi connectivity index (χ1n) is 7.76. The number of rotatable bonds is 5. The van der Waals surface area contributed by atoms with Gasteiger partial charge >= 0.3 is 0 Å². The quantitative estimate of drug-likeness (QED) is 0.468. The van der Waals surface area contributed by atoms with Crippen LogP contribution in [0.4, 0.5) is 13.9 Å². The fourth-order valence-electron chi connectivity index (χ4n) is 2.35. The Hall–Kier alpha value is -2.49. The van der Waals surface area contributed by atoms with E-state index >= 15 is 0 Å². The highest BCUT2D eigenvalue weighted by Crippen LogP contribution is 2.27. The van der Waals surface area contributed by atoms with Crippen LogP contribution in [0.5, 0.6) is 0 Å². The van der Waals surface area contributed by atoms with Gasteiger partial charge in [0.05, 0.1) is 17.8 Å².